The molecule has 1 rings (SSSR count). The van der Waals surface area contributed by atoms with E-state index in [4.69, 9.17) is 4.74 Å². The fourth-order valence-electron chi connectivity index (χ4n) is 0.988. The molecular formula is C10H14INO. The summed E-state index contributed by atoms with van der Waals surface area (Å²) in [6, 6.07) is 7.96. The molecule has 0 N–H and O–H groups in total. The molecule has 2 nitrogen and oxygen atoms in total. The maximum Gasteiger partial charge on any atom is 0.170 e. The van der Waals surface area contributed by atoms with Gasteiger partial charge in [-0.1, -0.05) is 0 Å². The van der Waals surface area contributed by atoms with Crippen LogP contribution < -0.4 is 28.7 Å². The predicted molar refractivity (Wildman–Crippen MR) is 50.3 cm³/mol. The van der Waals surface area contributed by atoms with Crippen molar-refractivity contribution >= 4 is 6.21 Å². The van der Waals surface area contributed by atoms with Crippen molar-refractivity contribution in [2.75, 3.05) is 21.2 Å². The summed E-state index contributed by atoms with van der Waals surface area (Å²) in [5.74, 6) is 0.894. The molecule has 72 valence electrons. The standard InChI is InChI=1S/C10H14NO.HI/c1-11(2)8-9-4-6-10(12-3)7-5-9;/h4-8H,1-3H3;1H/q+1;/p-1. The lowest BCUT2D eigenvalue weighted by Crippen LogP contribution is -3.00. The minimum atomic E-state index is 0. The molecule has 0 aliphatic carbocycles. The van der Waals surface area contributed by atoms with Crippen LogP contribution in [0.25, 0.3) is 0 Å². The first-order valence-electron chi connectivity index (χ1n) is 3.88. The monoisotopic (exact) mass is 291 g/mol. The topological polar surface area (TPSA) is 12.2 Å². The molecule has 0 unspecified atom stereocenters. The summed E-state index contributed by atoms with van der Waals surface area (Å²) >= 11 is 0. The predicted octanol–water partition coefficient (Wildman–Crippen LogP) is -1.61. The number of benzene rings is 1. The molecule has 0 saturated heterocycles. The molecule has 0 aliphatic rings. The van der Waals surface area contributed by atoms with Crippen LogP contribution in [0.4, 0.5) is 0 Å². The number of hydrogen-bond donors (Lipinski definition) is 0. The fraction of sp³-hybridized carbons (Fsp3) is 0.300. The van der Waals surface area contributed by atoms with Gasteiger partial charge in [0.05, 0.1) is 7.11 Å². The SMILES string of the molecule is COc1ccc(C=[N+](C)C)cc1.[I-]. The average molecular weight is 291 g/mol. The summed E-state index contributed by atoms with van der Waals surface area (Å²) in [5, 5.41) is 0. The van der Waals surface area contributed by atoms with Gasteiger partial charge in [0.1, 0.15) is 19.8 Å². The van der Waals surface area contributed by atoms with Gasteiger partial charge in [0.25, 0.3) is 0 Å². The fourth-order valence-corrected chi connectivity index (χ4v) is 0.988. The van der Waals surface area contributed by atoms with E-state index in [2.05, 4.69) is 6.21 Å². The van der Waals surface area contributed by atoms with Crippen LogP contribution in [0.15, 0.2) is 24.3 Å². The highest BCUT2D eigenvalue weighted by molar-refractivity contribution is 5.75. The number of hydrogen-bond acceptors (Lipinski definition) is 1. The molecular weight excluding hydrogens is 277 g/mol. The Kier molecular flexibility index (Phi) is 5.70. The van der Waals surface area contributed by atoms with Crippen molar-refractivity contribution in [2.45, 2.75) is 0 Å². The first-order chi connectivity index (χ1) is 5.72. The quantitative estimate of drug-likeness (QED) is 0.363. The van der Waals surface area contributed by atoms with Gasteiger partial charge in [-0.25, -0.2) is 4.58 Å². The van der Waals surface area contributed by atoms with Crippen LogP contribution in [0, 0.1) is 0 Å². The van der Waals surface area contributed by atoms with E-state index < -0.39 is 0 Å². The lowest BCUT2D eigenvalue weighted by Gasteiger charge is -1.97. The molecule has 0 aliphatic heterocycles. The van der Waals surface area contributed by atoms with E-state index in [-0.39, 0.29) is 24.0 Å². The van der Waals surface area contributed by atoms with Crippen LogP contribution in [0.5, 0.6) is 5.75 Å². The Balaban J connectivity index is 0.00000144. The van der Waals surface area contributed by atoms with Crippen molar-refractivity contribution in [3.63, 3.8) is 0 Å². The first kappa shape index (κ1) is 12.4. The summed E-state index contributed by atoms with van der Waals surface area (Å²) in [7, 11) is 5.68. The second kappa shape index (κ2) is 5.96. The normalized spacial score (nSPS) is 8.54. The minimum Gasteiger partial charge on any atom is -1.00 e. The molecule has 0 radical (unpaired) electrons. The smallest absolute Gasteiger partial charge is 0.170 e. The van der Waals surface area contributed by atoms with Crippen molar-refractivity contribution in [1.82, 2.24) is 0 Å². The Hall–Kier alpha value is -0.580. The molecule has 13 heavy (non-hydrogen) atoms. The second-order valence-corrected chi connectivity index (χ2v) is 2.87. The third kappa shape index (κ3) is 4.26. The van der Waals surface area contributed by atoms with Gasteiger partial charge in [0.2, 0.25) is 0 Å². The van der Waals surface area contributed by atoms with Crippen LogP contribution in [0.2, 0.25) is 0 Å². The van der Waals surface area contributed by atoms with Gasteiger partial charge >= 0.3 is 0 Å². The molecule has 0 heterocycles. The van der Waals surface area contributed by atoms with E-state index in [1.54, 1.807) is 7.11 Å². The zero-order valence-electron chi connectivity index (χ0n) is 8.12. The molecule has 1 aromatic rings. The van der Waals surface area contributed by atoms with Gasteiger partial charge < -0.3 is 28.7 Å². The molecule has 0 saturated carbocycles. The molecule has 0 fully saturated rings. The molecule has 0 aromatic heterocycles. The van der Waals surface area contributed by atoms with Crippen molar-refractivity contribution in [1.29, 1.82) is 0 Å². The van der Waals surface area contributed by atoms with Crippen LogP contribution in [-0.2, 0) is 0 Å². The molecule has 3 heteroatoms. The summed E-state index contributed by atoms with van der Waals surface area (Å²) in [4.78, 5) is 0. The number of halogens is 1. The molecule has 0 bridgehead atoms. The van der Waals surface area contributed by atoms with E-state index in [1.165, 1.54) is 5.56 Å². The lowest BCUT2D eigenvalue weighted by molar-refractivity contribution is -0.458. The summed E-state index contributed by atoms with van der Waals surface area (Å²) < 4.78 is 7.06. The number of ether oxygens (including phenoxy) is 1. The van der Waals surface area contributed by atoms with Crippen molar-refractivity contribution in [2.24, 2.45) is 0 Å². The maximum atomic E-state index is 5.05. The second-order valence-electron chi connectivity index (χ2n) is 2.87. The molecule has 0 amide bonds. The molecule has 1 aromatic carbocycles. The summed E-state index contributed by atoms with van der Waals surface area (Å²) in [5.41, 5.74) is 1.18. The largest absolute Gasteiger partial charge is 1.00 e. The highest BCUT2D eigenvalue weighted by Gasteiger charge is 1.93. The Labute approximate surface area is 96.3 Å². The highest BCUT2D eigenvalue weighted by atomic mass is 127. The average Bonchev–Trinajstić information content (AvgIpc) is 2.05. The number of rotatable bonds is 2. The van der Waals surface area contributed by atoms with Crippen molar-refractivity contribution < 1.29 is 33.3 Å². The first-order valence-corrected chi connectivity index (χ1v) is 3.88. The van der Waals surface area contributed by atoms with Crippen LogP contribution in [-0.4, -0.2) is 32.0 Å². The van der Waals surface area contributed by atoms with Gasteiger partial charge in [0.15, 0.2) is 6.21 Å². The van der Waals surface area contributed by atoms with Crippen LogP contribution >= 0.6 is 0 Å². The molecule has 0 spiro atoms. The Morgan fingerprint density at radius 2 is 1.69 bits per heavy atom. The van der Waals surface area contributed by atoms with Gasteiger partial charge in [-0.2, -0.15) is 0 Å². The van der Waals surface area contributed by atoms with E-state index in [1.807, 2.05) is 42.9 Å². The Morgan fingerprint density at radius 1 is 1.15 bits per heavy atom. The van der Waals surface area contributed by atoms with Crippen LogP contribution in [0.3, 0.4) is 0 Å². The maximum absolute atomic E-state index is 5.05. The third-order valence-corrected chi connectivity index (χ3v) is 1.52. The Bertz CT molecular complexity index is 275. The minimum absolute atomic E-state index is 0. The van der Waals surface area contributed by atoms with Crippen molar-refractivity contribution in [3.05, 3.63) is 29.8 Å². The zero-order chi connectivity index (χ0) is 8.97. The van der Waals surface area contributed by atoms with Gasteiger partial charge in [-0.05, 0) is 24.3 Å². The summed E-state index contributed by atoms with van der Waals surface area (Å²) in [6.45, 7) is 0. The summed E-state index contributed by atoms with van der Waals surface area (Å²) in [6.07, 6.45) is 2.06. The molecule has 0 atom stereocenters. The van der Waals surface area contributed by atoms with Crippen molar-refractivity contribution in [3.8, 4) is 5.75 Å². The van der Waals surface area contributed by atoms with E-state index in [0.717, 1.165) is 5.75 Å². The van der Waals surface area contributed by atoms with Gasteiger partial charge in [0, 0.05) is 5.56 Å². The third-order valence-electron chi connectivity index (χ3n) is 1.52. The van der Waals surface area contributed by atoms with E-state index in [9.17, 15) is 0 Å². The lowest BCUT2D eigenvalue weighted by atomic mass is 10.2. The van der Waals surface area contributed by atoms with Crippen LogP contribution in [0.1, 0.15) is 5.56 Å². The highest BCUT2D eigenvalue weighted by Crippen LogP contribution is 2.09. The van der Waals surface area contributed by atoms with E-state index in [0.29, 0.717) is 0 Å². The van der Waals surface area contributed by atoms with Gasteiger partial charge in [-0.15, -0.1) is 0 Å². The zero-order valence-corrected chi connectivity index (χ0v) is 10.3. The number of methoxy groups -OCH3 is 1. The number of nitrogens with zero attached hydrogens (tertiary/aromatic N) is 1. The van der Waals surface area contributed by atoms with E-state index >= 15 is 0 Å². The van der Waals surface area contributed by atoms with Gasteiger partial charge in [-0.3, -0.25) is 0 Å². The Morgan fingerprint density at radius 3 is 2.08 bits per heavy atom.